The molecule has 104 valence electrons. The molecule has 1 aromatic heterocycles. The van der Waals surface area contributed by atoms with Gasteiger partial charge in [0, 0.05) is 30.1 Å². The van der Waals surface area contributed by atoms with Crippen molar-refractivity contribution in [3.8, 4) is 0 Å². The van der Waals surface area contributed by atoms with Gasteiger partial charge in [0.2, 0.25) is 0 Å². The van der Waals surface area contributed by atoms with Crippen molar-refractivity contribution in [2.45, 2.75) is 6.92 Å². The number of carbonyl (C=O) groups is 2. The molecule has 0 saturated heterocycles. The minimum Gasteiger partial charge on any atom is -0.307 e. The normalized spacial score (nSPS) is 15.4. The first-order valence-electron chi connectivity index (χ1n) is 6.66. The molecule has 1 aliphatic heterocycles. The van der Waals surface area contributed by atoms with E-state index in [1.54, 1.807) is 17.0 Å². The van der Waals surface area contributed by atoms with Crippen LogP contribution in [0, 0.1) is 0 Å². The van der Waals surface area contributed by atoms with E-state index in [1.807, 2.05) is 31.2 Å². The minimum atomic E-state index is -0.437. The molecule has 0 aliphatic carbocycles. The van der Waals surface area contributed by atoms with Crippen molar-refractivity contribution in [3.63, 3.8) is 0 Å². The van der Waals surface area contributed by atoms with Crippen LogP contribution in [0.2, 0.25) is 0 Å². The molecule has 5 nitrogen and oxygen atoms in total. The Kier molecular flexibility index (Phi) is 3.31. The molecule has 1 aliphatic rings. The molecule has 2 amide bonds. The SMILES string of the molecule is CCN1C(=O)/C(=N/C(=O)c2ccncc2)c2ccccc21. The fourth-order valence-electron chi connectivity index (χ4n) is 2.34. The highest BCUT2D eigenvalue weighted by Gasteiger charge is 2.33. The lowest BCUT2D eigenvalue weighted by Gasteiger charge is -2.12. The van der Waals surface area contributed by atoms with Gasteiger partial charge in [-0.25, -0.2) is 4.99 Å². The molecule has 3 rings (SSSR count). The van der Waals surface area contributed by atoms with Crippen LogP contribution in [0.3, 0.4) is 0 Å². The highest BCUT2D eigenvalue weighted by Crippen LogP contribution is 2.28. The summed E-state index contributed by atoms with van der Waals surface area (Å²) in [5.41, 5.74) is 2.12. The molecule has 2 aromatic rings. The summed E-state index contributed by atoms with van der Waals surface area (Å²) in [5, 5.41) is 0. The molecule has 21 heavy (non-hydrogen) atoms. The Hall–Kier alpha value is -2.82. The summed E-state index contributed by atoms with van der Waals surface area (Å²) in [6, 6.07) is 10.5. The van der Waals surface area contributed by atoms with E-state index in [-0.39, 0.29) is 11.6 Å². The van der Waals surface area contributed by atoms with E-state index in [9.17, 15) is 9.59 Å². The minimum absolute atomic E-state index is 0.203. The summed E-state index contributed by atoms with van der Waals surface area (Å²) in [6.45, 7) is 2.43. The van der Waals surface area contributed by atoms with E-state index in [0.29, 0.717) is 17.7 Å². The fraction of sp³-hybridized carbons (Fsp3) is 0.125. The van der Waals surface area contributed by atoms with Gasteiger partial charge in [0.1, 0.15) is 5.71 Å². The van der Waals surface area contributed by atoms with Crippen LogP contribution in [0.1, 0.15) is 22.8 Å². The molecule has 0 N–H and O–H groups in total. The van der Waals surface area contributed by atoms with Crippen LogP contribution in [0.25, 0.3) is 0 Å². The molecule has 1 aromatic carbocycles. The molecule has 0 saturated carbocycles. The van der Waals surface area contributed by atoms with Gasteiger partial charge >= 0.3 is 0 Å². The van der Waals surface area contributed by atoms with Gasteiger partial charge in [0.25, 0.3) is 11.8 Å². The van der Waals surface area contributed by atoms with E-state index in [4.69, 9.17) is 0 Å². The number of para-hydroxylation sites is 1. The van der Waals surface area contributed by atoms with Gasteiger partial charge in [-0.15, -0.1) is 0 Å². The van der Waals surface area contributed by atoms with Crippen LogP contribution >= 0.6 is 0 Å². The second-order valence-electron chi connectivity index (χ2n) is 4.57. The van der Waals surface area contributed by atoms with Crippen molar-refractivity contribution in [2.24, 2.45) is 4.99 Å². The number of fused-ring (bicyclic) bond motifs is 1. The number of likely N-dealkylation sites (N-methyl/N-ethyl adjacent to an activating group) is 1. The number of anilines is 1. The molecule has 0 fully saturated rings. The lowest BCUT2D eigenvalue weighted by Crippen LogP contribution is -2.30. The zero-order valence-corrected chi connectivity index (χ0v) is 11.5. The van der Waals surface area contributed by atoms with Gasteiger partial charge in [0.15, 0.2) is 0 Å². The van der Waals surface area contributed by atoms with Crippen molar-refractivity contribution in [1.29, 1.82) is 0 Å². The number of benzene rings is 1. The monoisotopic (exact) mass is 279 g/mol. The first-order chi connectivity index (χ1) is 10.2. The Morgan fingerprint density at radius 2 is 1.90 bits per heavy atom. The van der Waals surface area contributed by atoms with E-state index in [0.717, 1.165) is 5.69 Å². The van der Waals surface area contributed by atoms with Crippen LogP contribution in [0.5, 0.6) is 0 Å². The molecular formula is C16H13N3O2. The van der Waals surface area contributed by atoms with Crippen molar-refractivity contribution < 1.29 is 9.59 Å². The van der Waals surface area contributed by atoms with Crippen LogP contribution in [-0.2, 0) is 4.79 Å². The third-order valence-corrected chi connectivity index (χ3v) is 3.35. The molecule has 0 bridgehead atoms. The maximum atomic E-state index is 12.4. The smallest absolute Gasteiger partial charge is 0.277 e. The third kappa shape index (κ3) is 2.23. The quantitative estimate of drug-likeness (QED) is 0.845. The number of amides is 2. The average Bonchev–Trinajstić information content (AvgIpc) is 2.80. The van der Waals surface area contributed by atoms with Crippen molar-refractivity contribution in [3.05, 3.63) is 59.9 Å². The van der Waals surface area contributed by atoms with E-state index < -0.39 is 5.91 Å². The largest absolute Gasteiger partial charge is 0.307 e. The maximum Gasteiger partial charge on any atom is 0.277 e. The van der Waals surface area contributed by atoms with Crippen molar-refractivity contribution in [1.82, 2.24) is 4.98 Å². The van der Waals surface area contributed by atoms with Crippen LogP contribution in [0.15, 0.2) is 53.8 Å². The van der Waals surface area contributed by atoms with Gasteiger partial charge in [-0.1, -0.05) is 18.2 Å². The second-order valence-corrected chi connectivity index (χ2v) is 4.57. The number of aromatic nitrogens is 1. The van der Waals surface area contributed by atoms with Crippen molar-refractivity contribution >= 4 is 23.2 Å². The Morgan fingerprint density at radius 3 is 2.62 bits per heavy atom. The molecular weight excluding hydrogens is 266 g/mol. The van der Waals surface area contributed by atoms with E-state index in [1.165, 1.54) is 12.4 Å². The summed E-state index contributed by atoms with van der Waals surface area (Å²) in [4.78, 5) is 34.1. The zero-order chi connectivity index (χ0) is 14.8. The standard InChI is InChI=1S/C16H13N3O2/c1-2-19-13-6-4-3-5-12(13)14(16(19)21)18-15(20)11-7-9-17-10-8-11/h3-10H,2H2,1H3/b18-14+. The van der Waals surface area contributed by atoms with Crippen LogP contribution < -0.4 is 4.90 Å². The topological polar surface area (TPSA) is 62.6 Å². The summed E-state index contributed by atoms with van der Waals surface area (Å²) in [6.07, 6.45) is 3.05. The van der Waals surface area contributed by atoms with Gasteiger partial charge in [-0.05, 0) is 25.1 Å². The van der Waals surface area contributed by atoms with Crippen LogP contribution in [-0.4, -0.2) is 29.1 Å². The number of carbonyl (C=O) groups excluding carboxylic acids is 2. The molecule has 5 heteroatoms. The number of pyridine rings is 1. The Balaban J connectivity index is 2.05. The number of hydrogen-bond acceptors (Lipinski definition) is 3. The Labute approximate surface area is 122 Å². The highest BCUT2D eigenvalue weighted by molar-refractivity contribution is 6.55. The first kappa shape index (κ1) is 13.2. The Bertz CT molecular complexity index is 738. The predicted octanol–water partition coefficient (Wildman–Crippen LogP) is 2.08. The number of rotatable bonds is 2. The van der Waals surface area contributed by atoms with Gasteiger partial charge < -0.3 is 4.90 Å². The van der Waals surface area contributed by atoms with Gasteiger partial charge in [-0.2, -0.15) is 0 Å². The van der Waals surface area contributed by atoms with Crippen LogP contribution in [0.4, 0.5) is 5.69 Å². The second kappa shape index (κ2) is 5.28. The lowest BCUT2D eigenvalue weighted by molar-refractivity contribution is -0.112. The highest BCUT2D eigenvalue weighted by atomic mass is 16.2. The summed E-state index contributed by atoms with van der Waals surface area (Å²) < 4.78 is 0. The van der Waals surface area contributed by atoms with Gasteiger partial charge in [0.05, 0.1) is 5.69 Å². The fourth-order valence-corrected chi connectivity index (χ4v) is 2.34. The lowest BCUT2D eigenvalue weighted by atomic mass is 10.1. The molecule has 0 radical (unpaired) electrons. The average molecular weight is 279 g/mol. The van der Waals surface area contributed by atoms with Crippen molar-refractivity contribution in [2.75, 3.05) is 11.4 Å². The molecule has 2 heterocycles. The zero-order valence-electron chi connectivity index (χ0n) is 11.5. The van der Waals surface area contributed by atoms with E-state index >= 15 is 0 Å². The molecule has 0 spiro atoms. The summed E-state index contributed by atoms with van der Waals surface area (Å²) in [5.74, 6) is -0.672. The molecule has 0 atom stereocenters. The molecule has 0 unspecified atom stereocenters. The predicted molar refractivity (Wildman–Crippen MR) is 79.6 cm³/mol. The Morgan fingerprint density at radius 1 is 1.19 bits per heavy atom. The first-order valence-corrected chi connectivity index (χ1v) is 6.66. The number of aliphatic imine (C=N–C) groups is 1. The number of hydrogen-bond donors (Lipinski definition) is 0. The summed E-state index contributed by atoms with van der Waals surface area (Å²) in [7, 11) is 0. The third-order valence-electron chi connectivity index (χ3n) is 3.35. The van der Waals surface area contributed by atoms with Gasteiger partial charge in [-0.3, -0.25) is 14.6 Å². The summed E-state index contributed by atoms with van der Waals surface area (Å²) >= 11 is 0. The number of nitrogens with zero attached hydrogens (tertiary/aromatic N) is 3. The maximum absolute atomic E-state index is 12.4. The van der Waals surface area contributed by atoms with E-state index in [2.05, 4.69) is 9.98 Å².